The molecule has 140 valence electrons. The standard InChI is InChI=1S/C20H16N4O3S/c25-19(22-8-13-5-6-16-17(7-13)27-12-26-16)10-24-15-4-2-1-3-14(15)23-20(24)18-9-21-11-28-18/h1-7,9,11H,8,10,12H2,(H,22,25). The second-order valence-electron chi connectivity index (χ2n) is 6.34. The van der Waals surface area contributed by atoms with E-state index < -0.39 is 0 Å². The number of nitrogens with zero attached hydrogens (tertiary/aromatic N) is 3. The van der Waals surface area contributed by atoms with Gasteiger partial charge in [0.05, 0.1) is 21.4 Å². The average molecular weight is 392 g/mol. The van der Waals surface area contributed by atoms with E-state index in [9.17, 15) is 4.79 Å². The van der Waals surface area contributed by atoms with Gasteiger partial charge in [0.15, 0.2) is 17.3 Å². The Morgan fingerprint density at radius 2 is 2.07 bits per heavy atom. The zero-order chi connectivity index (χ0) is 18.9. The third-order valence-electron chi connectivity index (χ3n) is 4.54. The Kier molecular flexibility index (Phi) is 4.17. The minimum absolute atomic E-state index is 0.0911. The lowest BCUT2D eigenvalue weighted by atomic mass is 10.2. The maximum absolute atomic E-state index is 12.7. The van der Waals surface area contributed by atoms with Crippen molar-refractivity contribution in [1.29, 1.82) is 0 Å². The van der Waals surface area contributed by atoms with Crippen molar-refractivity contribution < 1.29 is 14.3 Å². The number of benzene rings is 2. The molecule has 0 spiro atoms. The first-order valence-electron chi connectivity index (χ1n) is 8.77. The summed E-state index contributed by atoms with van der Waals surface area (Å²) in [5.41, 5.74) is 4.49. The number of hydrogen-bond acceptors (Lipinski definition) is 6. The second kappa shape index (κ2) is 6.97. The fourth-order valence-corrected chi connectivity index (χ4v) is 3.82. The van der Waals surface area contributed by atoms with Gasteiger partial charge in [-0.2, -0.15) is 0 Å². The zero-order valence-electron chi connectivity index (χ0n) is 14.8. The highest BCUT2D eigenvalue weighted by Crippen LogP contribution is 2.32. The minimum Gasteiger partial charge on any atom is -0.454 e. The monoisotopic (exact) mass is 392 g/mol. The molecular weight excluding hydrogens is 376 g/mol. The molecule has 28 heavy (non-hydrogen) atoms. The van der Waals surface area contributed by atoms with Crippen LogP contribution < -0.4 is 14.8 Å². The van der Waals surface area contributed by atoms with Crippen molar-refractivity contribution in [2.75, 3.05) is 6.79 Å². The van der Waals surface area contributed by atoms with Crippen molar-refractivity contribution in [2.24, 2.45) is 0 Å². The molecule has 8 heteroatoms. The number of thiazole rings is 1. The van der Waals surface area contributed by atoms with E-state index in [2.05, 4.69) is 15.3 Å². The van der Waals surface area contributed by atoms with E-state index in [0.717, 1.165) is 33.0 Å². The summed E-state index contributed by atoms with van der Waals surface area (Å²) < 4.78 is 12.6. The number of ether oxygens (including phenoxy) is 2. The number of amides is 1. The van der Waals surface area contributed by atoms with Crippen LogP contribution in [0, 0.1) is 0 Å². The third-order valence-corrected chi connectivity index (χ3v) is 5.30. The third kappa shape index (κ3) is 3.07. The minimum atomic E-state index is -0.0911. The van der Waals surface area contributed by atoms with E-state index >= 15 is 0 Å². The molecule has 7 nitrogen and oxygen atoms in total. The smallest absolute Gasteiger partial charge is 0.240 e. The molecule has 1 amide bonds. The van der Waals surface area contributed by atoms with Crippen LogP contribution in [0.15, 0.2) is 54.2 Å². The van der Waals surface area contributed by atoms with E-state index in [4.69, 9.17) is 9.47 Å². The molecule has 5 rings (SSSR count). The number of para-hydroxylation sites is 2. The zero-order valence-corrected chi connectivity index (χ0v) is 15.6. The van der Waals surface area contributed by atoms with Gasteiger partial charge in [-0.15, -0.1) is 11.3 Å². The first kappa shape index (κ1) is 16.8. The normalized spacial score (nSPS) is 12.4. The number of carbonyl (C=O) groups is 1. The van der Waals surface area contributed by atoms with Crippen molar-refractivity contribution in [3.63, 3.8) is 0 Å². The van der Waals surface area contributed by atoms with Crippen LogP contribution in [0.4, 0.5) is 0 Å². The lowest BCUT2D eigenvalue weighted by Crippen LogP contribution is -2.27. The summed E-state index contributed by atoms with van der Waals surface area (Å²) in [4.78, 5) is 22.4. The summed E-state index contributed by atoms with van der Waals surface area (Å²) in [5, 5.41) is 2.97. The van der Waals surface area contributed by atoms with E-state index in [1.807, 2.05) is 47.0 Å². The van der Waals surface area contributed by atoms with Crippen molar-refractivity contribution in [1.82, 2.24) is 19.9 Å². The van der Waals surface area contributed by atoms with Crippen molar-refractivity contribution in [3.05, 3.63) is 59.7 Å². The lowest BCUT2D eigenvalue weighted by Gasteiger charge is -2.10. The van der Waals surface area contributed by atoms with Crippen molar-refractivity contribution in [2.45, 2.75) is 13.1 Å². The van der Waals surface area contributed by atoms with Gasteiger partial charge in [-0.25, -0.2) is 4.98 Å². The Morgan fingerprint density at radius 3 is 2.96 bits per heavy atom. The van der Waals surface area contributed by atoms with E-state index in [0.29, 0.717) is 12.3 Å². The fourth-order valence-electron chi connectivity index (χ4n) is 3.20. The molecule has 3 heterocycles. The summed E-state index contributed by atoms with van der Waals surface area (Å²) in [5.74, 6) is 2.10. The molecule has 2 aromatic heterocycles. The number of rotatable bonds is 5. The SMILES string of the molecule is O=C(Cn1c(-c2cncs2)nc2ccccc21)NCc1ccc2c(c1)OCO2. The van der Waals surface area contributed by atoms with Crippen LogP contribution in [0.3, 0.4) is 0 Å². The van der Waals surface area contributed by atoms with Crippen LogP contribution in [0.25, 0.3) is 21.7 Å². The number of imidazole rings is 1. The van der Waals surface area contributed by atoms with Gasteiger partial charge < -0.3 is 19.4 Å². The van der Waals surface area contributed by atoms with Gasteiger partial charge in [0.25, 0.3) is 0 Å². The highest BCUT2D eigenvalue weighted by atomic mass is 32.1. The molecule has 4 aromatic rings. The van der Waals surface area contributed by atoms with Crippen LogP contribution in [0.5, 0.6) is 11.5 Å². The number of nitrogens with one attached hydrogen (secondary N) is 1. The van der Waals surface area contributed by atoms with Gasteiger partial charge in [0.2, 0.25) is 12.7 Å². The Balaban J connectivity index is 1.36. The average Bonchev–Trinajstić information content (AvgIpc) is 3.46. The molecule has 0 aliphatic carbocycles. The molecule has 0 atom stereocenters. The number of aromatic nitrogens is 3. The Labute approximate surface area is 164 Å². The fraction of sp³-hybridized carbons (Fsp3) is 0.150. The topological polar surface area (TPSA) is 78.3 Å². The van der Waals surface area contributed by atoms with Crippen LogP contribution in [-0.4, -0.2) is 27.2 Å². The van der Waals surface area contributed by atoms with Crippen LogP contribution in [0.1, 0.15) is 5.56 Å². The van der Waals surface area contributed by atoms with Gasteiger partial charge in [0, 0.05) is 12.7 Å². The number of carbonyl (C=O) groups excluding carboxylic acids is 1. The summed E-state index contributed by atoms with van der Waals surface area (Å²) in [7, 11) is 0. The van der Waals surface area contributed by atoms with Crippen LogP contribution >= 0.6 is 11.3 Å². The predicted molar refractivity (Wildman–Crippen MR) is 105 cm³/mol. The Bertz CT molecular complexity index is 1150. The number of hydrogen-bond donors (Lipinski definition) is 1. The van der Waals surface area contributed by atoms with E-state index in [1.54, 1.807) is 11.7 Å². The molecule has 0 saturated heterocycles. The predicted octanol–water partition coefficient (Wildman–Crippen LogP) is 3.20. The summed E-state index contributed by atoms with van der Waals surface area (Å²) >= 11 is 1.50. The largest absolute Gasteiger partial charge is 0.454 e. The van der Waals surface area contributed by atoms with Gasteiger partial charge in [0.1, 0.15) is 6.54 Å². The molecule has 1 aliphatic heterocycles. The van der Waals surface area contributed by atoms with Gasteiger partial charge >= 0.3 is 0 Å². The summed E-state index contributed by atoms with van der Waals surface area (Å²) in [6.45, 7) is 0.829. The highest BCUT2D eigenvalue weighted by molar-refractivity contribution is 7.13. The maximum Gasteiger partial charge on any atom is 0.240 e. The molecule has 1 N–H and O–H groups in total. The van der Waals surface area contributed by atoms with Gasteiger partial charge in [-0.3, -0.25) is 9.78 Å². The Hall–Kier alpha value is -3.39. The molecule has 0 fully saturated rings. The van der Waals surface area contributed by atoms with E-state index in [1.165, 1.54) is 11.3 Å². The Morgan fingerprint density at radius 1 is 1.18 bits per heavy atom. The van der Waals surface area contributed by atoms with Gasteiger partial charge in [-0.05, 0) is 29.8 Å². The van der Waals surface area contributed by atoms with Crippen molar-refractivity contribution in [3.8, 4) is 22.2 Å². The first-order valence-corrected chi connectivity index (χ1v) is 9.65. The van der Waals surface area contributed by atoms with Gasteiger partial charge in [-0.1, -0.05) is 18.2 Å². The molecule has 0 unspecified atom stereocenters. The summed E-state index contributed by atoms with van der Waals surface area (Å²) in [6.07, 6.45) is 1.77. The molecule has 0 radical (unpaired) electrons. The second-order valence-corrected chi connectivity index (χ2v) is 7.23. The number of fused-ring (bicyclic) bond motifs is 2. The highest BCUT2D eigenvalue weighted by Gasteiger charge is 2.17. The van der Waals surface area contributed by atoms with Crippen LogP contribution in [-0.2, 0) is 17.9 Å². The molecule has 2 aromatic carbocycles. The molecule has 0 bridgehead atoms. The quantitative estimate of drug-likeness (QED) is 0.564. The lowest BCUT2D eigenvalue weighted by molar-refractivity contribution is -0.121. The van der Waals surface area contributed by atoms with Crippen molar-refractivity contribution >= 4 is 28.3 Å². The summed E-state index contributed by atoms with van der Waals surface area (Å²) in [6, 6.07) is 13.5. The molecule has 1 aliphatic rings. The molecular formula is C20H16N4O3S. The maximum atomic E-state index is 12.7. The first-order chi connectivity index (χ1) is 13.8. The van der Waals surface area contributed by atoms with Crippen LogP contribution in [0.2, 0.25) is 0 Å². The van der Waals surface area contributed by atoms with E-state index in [-0.39, 0.29) is 19.2 Å². The molecule has 0 saturated carbocycles.